The topological polar surface area (TPSA) is 50.8 Å². The van der Waals surface area contributed by atoms with E-state index in [1.54, 1.807) is 33.2 Å². The molecule has 0 bridgehead atoms. The Labute approximate surface area is 170 Å². The Bertz CT molecular complexity index is 843. The Balaban J connectivity index is 2.08. The Hall–Kier alpha value is -2.67. The summed E-state index contributed by atoms with van der Waals surface area (Å²) < 4.78 is 38.0. The van der Waals surface area contributed by atoms with E-state index in [0.29, 0.717) is 30.2 Å². The zero-order valence-electron chi connectivity index (χ0n) is 17.5. The molecule has 0 aliphatic heterocycles. The van der Waals surface area contributed by atoms with Gasteiger partial charge in [0.1, 0.15) is 0 Å². The Morgan fingerprint density at radius 2 is 1.79 bits per heavy atom. The molecule has 2 aromatic carbocycles. The molecule has 0 radical (unpaired) electrons. The summed E-state index contributed by atoms with van der Waals surface area (Å²) in [5.74, 6) is -0.825. The number of likely N-dealkylation sites (N-methyl/N-ethyl adjacent to an activating group) is 1. The summed E-state index contributed by atoms with van der Waals surface area (Å²) >= 11 is 0. The van der Waals surface area contributed by atoms with E-state index in [4.69, 9.17) is 9.47 Å². The third-order valence-electron chi connectivity index (χ3n) is 4.46. The highest BCUT2D eigenvalue weighted by Gasteiger charge is 2.19. The first-order chi connectivity index (χ1) is 13.7. The monoisotopic (exact) mass is 406 g/mol. The van der Waals surface area contributed by atoms with Gasteiger partial charge in [-0.2, -0.15) is 0 Å². The van der Waals surface area contributed by atoms with Crippen LogP contribution in [0.15, 0.2) is 36.4 Å². The quantitative estimate of drug-likeness (QED) is 0.682. The summed E-state index contributed by atoms with van der Waals surface area (Å²) in [4.78, 5) is 13.5. The number of nitrogens with zero attached hydrogens (tertiary/aromatic N) is 1. The summed E-state index contributed by atoms with van der Waals surface area (Å²) in [6, 6.07) is 9.18. The minimum absolute atomic E-state index is 0.140. The van der Waals surface area contributed by atoms with Crippen LogP contribution < -0.4 is 14.8 Å². The van der Waals surface area contributed by atoms with Gasteiger partial charge in [-0.3, -0.25) is 4.79 Å². The highest BCUT2D eigenvalue weighted by molar-refractivity contribution is 5.80. The predicted molar refractivity (Wildman–Crippen MR) is 108 cm³/mol. The van der Waals surface area contributed by atoms with Gasteiger partial charge in [0, 0.05) is 26.7 Å². The molecule has 0 aromatic heterocycles. The van der Waals surface area contributed by atoms with Crippen molar-refractivity contribution in [1.29, 1.82) is 0 Å². The second-order valence-electron chi connectivity index (χ2n) is 6.98. The van der Waals surface area contributed by atoms with E-state index < -0.39 is 17.7 Å². The average Bonchev–Trinajstić information content (AvgIpc) is 2.69. The lowest BCUT2D eigenvalue weighted by Gasteiger charge is -2.21. The second-order valence-corrected chi connectivity index (χ2v) is 6.98. The third-order valence-corrected chi connectivity index (χ3v) is 4.46. The Kier molecular flexibility index (Phi) is 7.96. The molecule has 0 saturated carbocycles. The third kappa shape index (κ3) is 6.15. The molecule has 5 nitrogen and oxygen atoms in total. The van der Waals surface area contributed by atoms with Crippen LogP contribution in [-0.2, 0) is 11.3 Å². The number of carbonyl (C=O) groups is 1. The van der Waals surface area contributed by atoms with Gasteiger partial charge in [-0.05, 0) is 56.2 Å². The summed E-state index contributed by atoms with van der Waals surface area (Å²) in [6.45, 7) is 6.38. The van der Waals surface area contributed by atoms with Crippen molar-refractivity contribution in [3.05, 3.63) is 59.2 Å². The van der Waals surface area contributed by atoms with Crippen molar-refractivity contribution in [3.63, 3.8) is 0 Å². The van der Waals surface area contributed by atoms with E-state index >= 15 is 0 Å². The number of halogens is 2. The molecule has 2 atom stereocenters. The fourth-order valence-electron chi connectivity index (χ4n) is 2.80. The fraction of sp³-hybridized carbons (Fsp3) is 0.409. The molecule has 0 aliphatic carbocycles. The van der Waals surface area contributed by atoms with Gasteiger partial charge in [0.05, 0.1) is 6.61 Å². The number of hydrogen-bond acceptors (Lipinski definition) is 4. The molecule has 0 saturated heterocycles. The molecule has 2 aromatic rings. The van der Waals surface area contributed by atoms with E-state index in [1.807, 2.05) is 26.0 Å². The molecule has 0 aliphatic rings. The Morgan fingerprint density at radius 1 is 1.07 bits per heavy atom. The molecule has 158 valence electrons. The standard InChI is InChI=1S/C22H28F2N2O3/c1-6-28-21-11-16(7-10-20(21)29-15(3)22(27)26(4)5)13-25-14(2)17-8-9-18(23)19(24)12-17/h7-12,14-15,25H,6,13H2,1-5H3. The molecule has 0 heterocycles. The molecule has 2 unspecified atom stereocenters. The van der Waals surface area contributed by atoms with Gasteiger partial charge in [0.15, 0.2) is 29.2 Å². The van der Waals surface area contributed by atoms with E-state index in [0.717, 1.165) is 11.6 Å². The minimum Gasteiger partial charge on any atom is -0.490 e. The summed E-state index contributed by atoms with van der Waals surface area (Å²) in [7, 11) is 3.35. The molecule has 29 heavy (non-hydrogen) atoms. The van der Waals surface area contributed by atoms with Gasteiger partial charge >= 0.3 is 0 Å². The number of rotatable bonds is 9. The summed E-state index contributed by atoms with van der Waals surface area (Å²) in [6.07, 6.45) is -0.637. The molecule has 0 fully saturated rings. The molecule has 1 amide bonds. The second kappa shape index (κ2) is 10.2. The van der Waals surface area contributed by atoms with Crippen LogP contribution in [0.2, 0.25) is 0 Å². The molecular formula is C22H28F2N2O3. The first-order valence-corrected chi connectivity index (χ1v) is 9.54. The van der Waals surface area contributed by atoms with E-state index in [1.165, 1.54) is 11.0 Å². The van der Waals surface area contributed by atoms with E-state index in [9.17, 15) is 13.6 Å². The Morgan fingerprint density at radius 3 is 2.41 bits per heavy atom. The van der Waals surface area contributed by atoms with Crippen LogP contribution in [0.5, 0.6) is 11.5 Å². The van der Waals surface area contributed by atoms with Gasteiger partial charge < -0.3 is 19.7 Å². The van der Waals surface area contributed by atoms with Crippen molar-refractivity contribution in [2.45, 2.75) is 39.5 Å². The summed E-state index contributed by atoms with van der Waals surface area (Å²) in [5, 5.41) is 3.28. The lowest BCUT2D eigenvalue weighted by Crippen LogP contribution is -2.35. The van der Waals surface area contributed by atoms with Crippen molar-refractivity contribution in [2.24, 2.45) is 0 Å². The maximum atomic E-state index is 13.4. The maximum Gasteiger partial charge on any atom is 0.262 e. The number of hydrogen-bond donors (Lipinski definition) is 1. The van der Waals surface area contributed by atoms with Gasteiger partial charge in [0.25, 0.3) is 5.91 Å². The number of nitrogens with one attached hydrogen (secondary N) is 1. The lowest BCUT2D eigenvalue weighted by atomic mass is 10.1. The molecule has 0 spiro atoms. The SMILES string of the molecule is CCOc1cc(CNC(C)c2ccc(F)c(F)c2)ccc1OC(C)C(=O)N(C)C. The summed E-state index contributed by atoms with van der Waals surface area (Å²) in [5.41, 5.74) is 1.59. The van der Waals surface area contributed by atoms with Crippen molar-refractivity contribution in [2.75, 3.05) is 20.7 Å². The van der Waals surface area contributed by atoms with Crippen molar-refractivity contribution < 1.29 is 23.0 Å². The average molecular weight is 406 g/mol. The molecule has 7 heteroatoms. The first kappa shape index (κ1) is 22.6. The number of benzene rings is 2. The smallest absolute Gasteiger partial charge is 0.262 e. The normalized spacial score (nSPS) is 12.9. The highest BCUT2D eigenvalue weighted by Crippen LogP contribution is 2.30. The molecule has 1 N–H and O–H groups in total. The van der Waals surface area contributed by atoms with Crippen LogP contribution in [0.3, 0.4) is 0 Å². The van der Waals surface area contributed by atoms with Crippen LogP contribution in [0, 0.1) is 11.6 Å². The van der Waals surface area contributed by atoms with E-state index in [2.05, 4.69) is 5.32 Å². The van der Waals surface area contributed by atoms with Crippen LogP contribution >= 0.6 is 0 Å². The van der Waals surface area contributed by atoms with Crippen molar-refractivity contribution in [3.8, 4) is 11.5 Å². The fourth-order valence-corrected chi connectivity index (χ4v) is 2.80. The van der Waals surface area contributed by atoms with Crippen LogP contribution in [0.25, 0.3) is 0 Å². The largest absolute Gasteiger partial charge is 0.490 e. The lowest BCUT2D eigenvalue weighted by molar-refractivity contribution is -0.135. The van der Waals surface area contributed by atoms with Crippen molar-refractivity contribution >= 4 is 5.91 Å². The first-order valence-electron chi connectivity index (χ1n) is 9.54. The zero-order chi connectivity index (χ0) is 21.6. The van der Waals surface area contributed by atoms with E-state index in [-0.39, 0.29) is 11.9 Å². The van der Waals surface area contributed by atoms with Crippen LogP contribution in [0.1, 0.15) is 37.9 Å². The van der Waals surface area contributed by atoms with Gasteiger partial charge in [-0.25, -0.2) is 8.78 Å². The molecule has 2 rings (SSSR count). The number of amides is 1. The number of ether oxygens (including phenoxy) is 2. The van der Waals surface area contributed by atoms with Gasteiger partial charge in [-0.15, -0.1) is 0 Å². The maximum absolute atomic E-state index is 13.4. The van der Waals surface area contributed by atoms with Gasteiger partial charge in [-0.1, -0.05) is 12.1 Å². The molecular weight excluding hydrogens is 378 g/mol. The van der Waals surface area contributed by atoms with Crippen molar-refractivity contribution in [1.82, 2.24) is 10.2 Å². The van der Waals surface area contributed by atoms with Gasteiger partial charge in [0.2, 0.25) is 0 Å². The van der Waals surface area contributed by atoms with Crippen LogP contribution in [-0.4, -0.2) is 37.6 Å². The predicted octanol–water partition coefficient (Wildman–Crippen LogP) is 4.07. The highest BCUT2D eigenvalue weighted by atomic mass is 19.2. The zero-order valence-corrected chi connectivity index (χ0v) is 17.5. The minimum atomic E-state index is -0.863. The van der Waals surface area contributed by atoms with Crippen LogP contribution in [0.4, 0.5) is 8.78 Å². The number of carbonyl (C=O) groups excluding carboxylic acids is 1.